The molecule has 10 heavy (non-hydrogen) atoms. The highest BCUT2D eigenvalue weighted by Gasteiger charge is 2.21. The fourth-order valence-electron chi connectivity index (χ4n) is 1.22. The maximum Gasteiger partial charge on any atom is 0.0744 e. The van der Waals surface area contributed by atoms with Gasteiger partial charge in [0.05, 0.1) is 30.6 Å². The maximum absolute atomic E-state index is 10.1. The molecule has 2 atom stereocenters. The second-order valence-corrected chi connectivity index (χ2v) is 2.71. The third-order valence-electron chi connectivity index (χ3n) is 1.52. The molecule has 0 bridgehead atoms. The first-order valence-corrected chi connectivity index (χ1v) is 3.46. The zero-order valence-electron chi connectivity index (χ0n) is 6.28. The number of rotatable bonds is 1. The Morgan fingerprint density at radius 3 is 2.30 bits per heavy atom. The van der Waals surface area contributed by atoms with Crippen LogP contribution in [0.5, 0.6) is 0 Å². The summed E-state index contributed by atoms with van der Waals surface area (Å²) in [7, 11) is 0. The van der Waals surface area contributed by atoms with Crippen LogP contribution in [0.2, 0.25) is 0 Å². The Hall–Kier alpha value is -0.640. The van der Waals surface area contributed by atoms with Crippen LogP contribution >= 0.6 is 0 Å². The molecule has 0 radical (unpaired) electrons. The van der Waals surface area contributed by atoms with Gasteiger partial charge in [-0.3, -0.25) is 5.01 Å². The summed E-state index contributed by atoms with van der Waals surface area (Å²) in [6.07, 6.45) is 0.253. The van der Waals surface area contributed by atoms with Crippen molar-refractivity contribution >= 4 is 0 Å². The Labute approximate surface area is 60.1 Å². The van der Waals surface area contributed by atoms with Crippen LogP contribution < -0.4 is 0 Å². The number of hydrogen-bond donors (Lipinski definition) is 0. The zero-order chi connectivity index (χ0) is 7.56. The molecule has 1 aliphatic rings. The van der Waals surface area contributed by atoms with Crippen LogP contribution in [0.1, 0.15) is 13.8 Å². The minimum Gasteiger partial charge on any atom is -0.372 e. The minimum absolute atomic E-state index is 0.126. The van der Waals surface area contributed by atoms with Gasteiger partial charge in [-0.25, -0.2) is 0 Å². The van der Waals surface area contributed by atoms with E-state index in [-0.39, 0.29) is 12.2 Å². The van der Waals surface area contributed by atoms with E-state index in [9.17, 15) is 4.91 Å². The minimum atomic E-state index is 0.126. The normalized spacial score (nSPS) is 34.0. The summed E-state index contributed by atoms with van der Waals surface area (Å²) in [4.78, 5) is 10.1. The van der Waals surface area contributed by atoms with Crippen LogP contribution in [0.4, 0.5) is 0 Å². The molecule has 1 rings (SSSR count). The third-order valence-corrected chi connectivity index (χ3v) is 1.52. The first-order chi connectivity index (χ1) is 4.72. The van der Waals surface area contributed by atoms with E-state index < -0.39 is 0 Å². The van der Waals surface area contributed by atoms with Gasteiger partial charge < -0.3 is 4.74 Å². The van der Waals surface area contributed by atoms with Crippen LogP contribution in [-0.2, 0) is 4.74 Å². The molecule has 4 heteroatoms. The number of nitrogens with zero attached hydrogens (tertiary/aromatic N) is 2. The van der Waals surface area contributed by atoms with Crippen molar-refractivity contribution in [2.75, 3.05) is 13.1 Å². The highest BCUT2D eigenvalue weighted by Crippen LogP contribution is 2.09. The fourth-order valence-corrected chi connectivity index (χ4v) is 1.22. The summed E-state index contributed by atoms with van der Waals surface area (Å²) < 4.78 is 5.38. The van der Waals surface area contributed by atoms with Gasteiger partial charge in [-0.15, -0.1) is 4.91 Å². The molecule has 58 valence electrons. The molecule has 0 aromatic heterocycles. The van der Waals surface area contributed by atoms with Crippen molar-refractivity contribution in [1.29, 1.82) is 0 Å². The standard InChI is InChI=1S/C6H12N2O2/c1-5-3-8(7-9)4-6(2)10-5/h5-6H,3-4H2,1-2H3/t5-,6?/m1/s1. The van der Waals surface area contributed by atoms with Gasteiger partial charge in [0, 0.05) is 0 Å². The number of hydrogen-bond acceptors (Lipinski definition) is 3. The van der Waals surface area contributed by atoms with Crippen LogP contribution in [0.15, 0.2) is 5.29 Å². The lowest BCUT2D eigenvalue weighted by atomic mass is 10.3. The lowest BCUT2D eigenvalue weighted by Crippen LogP contribution is -2.42. The van der Waals surface area contributed by atoms with Crippen molar-refractivity contribution < 1.29 is 4.74 Å². The lowest BCUT2D eigenvalue weighted by molar-refractivity contribution is -0.0680. The maximum atomic E-state index is 10.1. The van der Waals surface area contributed by atoms with E-state index >= 15 is 0 Å². The van der Waals surface area contributed by atoms with Crippen LogP contribution in [-0.4, -0.2) is 30.3 Å². The Morgan fingerprint density at radius 2 is 1.90 bits per heavy atom. The smallest absolute Gasteiger partial charge is 0.0744 e. The molecule has 0 aromatic carbocycles. The second-order valence-electron chi connectivity index (χ2n) is 2.71. The molecule has 0 saturated carbocycles. The Bertz CT molecular complexity index is 119. The van der Waals surface area contributed by atoms with E-state index in [0.717, 1.165) is 0 Å². The molecule has 1 saturated heterocycles. The van der Waals surface area contributed by atoms with E-state index in [1.54, 1.807) is 0 Å². The SMILES string of the molecule is CC1CN(N=O)C[C@@H](C)O1. The topological polar surface area (TPSA) is 41.9 Å². The highest BCUT2D eigenvalue weighted by molar-refractivity contribution is 4.69. The van der Waals surface area contributed by atoms with Crippen LogP contribution in [0, 0.1) is 4.91 Å². The van der Waals surface area contributed by atoms with E-state index in [1.807, 2.05) is 13.8 Å². The van der Waals surface area contributed by atoms with E-state index in [2.05, 4.69) is 5.29 Å². The van der Waals surface area contributed by atoms with Crippen molar-refractivity contribution in [3.05, 3.63) is 4.91 Å². The molecule has 1 fully saturated rings. The quantitative estimate of drug-likeness (QED) is 0.510. The predicted molar refractivity (Wildman–Crippen MR) is 37.4 cm³/mol. The van der Waals surface area contributed by atoms with Gasteiger partial charge in [-0.2, -0.15) is 0 Å². The van der Waals surface area contributed by atoms with Gasteiger partial charge in [0.25, 0.3) is 0 Å². The van der Waals surface area contributed by atoms with Gasteiger partial charge in [-0.1, -0.05) is 0 Å². The van der Waals surface area contributed by atoms with Crippen molar-refractivity contribution in [3.63, 3.8) is 0 Å². The molecular weight excluding hydrogens is 132 g/mol. The molecule has 0 aliphatic carbocycles. The van der Waals surface area contributed by atoms with Crippen molar-refractivity contribution in [2.24, 2.45) is 5.29 Å². The predicted octanol–water partition coefficient (Wildman–Crippen LogP) is 0.777. The first kappa shape index (κ1) is 7.47. The fraction of sp³-hybridized carbons (Fsp3) is 1.00. The van der Waals surface area contributed by atoms with Crippen molar-refractivity contribution in [2.45, 2.75) is 26.1 Å². The lowest BCUT2D eigenvalue weighted by Gasteiger charge is -2.30. The second kappa shape index (κ2) is 2.96. The van der Waals surface area contributed by atoms with Gasteiger partial charge in [-0.05, 0) is 13.8 Å². The molecule has 0 spiro atoms. The molecular formula is C6H12N2O2. The largest absolute Gasteiger partial charge is 0.372 e. The summed E-state index contributed by atoms with van der Waals surface area (Å²) in [5.41, 5.74) is 0. The zero-order valence-corrected chi connectivity index (χ0v) is 6.28. The van der Waals surface area contributed by atoms with Crippen molar-refractivity contribution in [3.8, 4) is 0 Å². The average molecular weight is 144 g/mol. The van der Waals surface area contributed by atoms with Crippen LogP contribution in [0.25, 0.3) is 0 Å². The summed E-state index contributed by atoms with van der Waals surface area (Å²) in [5.74, 6) is 0. The molecule has 4 nitrogen and oxygen atoms in total. The van der Waals surface area contributed by atoms with Gasteiger partial charge >= 0.3 is 0 Å². The van der Waals surface area contributed by atoms with E-state index in [4.69, 9.17) is 4.74 Å². The number of ether oxygens (including phenoxy) is 1. The number of morpholine rings is 1. The summed E-state index contributed by atoms with van der Waals surface area (Å²) in [5, 5.41) is 4.35. The Balaban J connectivity index is 2.42. The monoisotopic (exact) mass is 144 g/mol. The summed E-state index contributed by atoms with van der Waals surface area (Å²) >= 11 is 0. The number of nitroso groups, excluding NO2 is 1. The molecule has 1 heterocycles. The molecule has 0 aromatic rings. The third kappa shape index (κ3) is 1.67. The molecule has 0 N–H and O–H groups in total. The first-order valence-electron chi connectivity index (χ1n) is 3.46. The van der Waals surface area contributed by atoms with Crippen molar-refractivity contribution in [1.82, 2.24) is 5.01 Å². The average Bonchev–Trinajstić information content (AvgIpc) is 1.85. The highest BCUT2D eigenvalue weighted by atomic mass is 16.5. The van der Waals surface area contributed by atoms with E-state index in [0.29, 0.717) is 13.1 Å². The molecule has 1 unspecified atom stereocenters. The summed E-state index contributed by atoms with van der Waals surface area (Å²) in [6, 6.07) is 0. The van der Waals surface area contributed by atoms with Gasteiger partial charge in [0.15, 0.2) is 0 Å². The Morgan fingerprint density at radius 1 is 1.40 bits per heavy atom. The van der Waals surface area contributed by atoms with E-state index in [1.165, 1.54) is 5.01 Å². The molecule has 1 aliphatic heterocycles. The van der Waals surface area contributed by atoms with Gasteiger partial charge in [0.2, 0.25) is 0 Å². The Kier molecular flexibility index (Phi) is 2.21. The summed E-state index contributed by atoms with van der Waals surface area (Å²) in [6.45, 7) is 5.11. The van der Waals surface area contributed by atoms with Crippen LogP contribution in [0.3, 0.4) is 0 Å². The molecule has 0 amide bonds. The van der Waals surface area contributed by atoms with Gasteiger partial charge in [0.1, 0.15) is 0 Å².